The fraction of sp³-hybridized carbons (Fsp3) is 0.316. The third-order valence-corrected chi connectivity index (χ3v) is 5.64. The standard InChI is InChI=1S/C19H22N4O4S/c1-3-22(14(2)24)13-15-6-4-7-16(12-15)20-19(25)17-8-5-9-23-10-11-28(26,27)21-18(17)23/h4-9,12H,3,10-11,13H2,1-2H3,(H,20,25). The maximum absolute atomic E-state index is 12.8. The average Bonchev–Trinajstić information content (AvgIpc) is 2.65. The molecule has 1 N–H and O–H groups in total. The van der Waals surface area contributed by atoms with Crippen LogP contribution in [0.2, 0.25) is 0 Å². The van der Waals surface area contributed by atoms with E-state index >= 15 is 0 Å². The van der Waals surface area contributed by atoms with E-state index in [4.69, 9.17) is 0 Å². The lowest BCUT2D eigenvalue weighted by atomic mass is 10.1. The number of allylic oxidation sites excluding steroid dienone is 2. The SMILES string of the molecule is CCN(Cc1cccc(NC(=O)C2=CC=CN3CCS(=O)(=O)N=C23)c1)C(C)=O. The zero-order chi connectivity index (χ0) is 20.3. The van der Waals surface area contributed by atoms with Gasteiger partial charge in [0, 0.05) is 38.4 Å². The van der Waals surface area contributed by atoms with Gasteiger partial charge in [-0.05, 0) is 36.8 Å². The molecule has 28 heavy (non-hydrogen) atoms. The van der Waals surface area contributed by atoms with Crippen LogP contribution in [0.1, 0.15) is 19.4 Å². The average molecular weight is 402 g/mol. The molecule has 0 spiro atoms. The molecule has 8 nitrogen and oxygen atoms in total. The van der Waals surface area contributed by atoms with Gasteiger partial charge in [-0.2, -0.15) is 0 Å². The molecule has 0 atom stereocenters. The highest BCUT2D eigenvalue weighted by atomic mass is 32.2. The van der Waals surface area contributed by atoms with Crippen LogP contribution < -0.4 is 5.32 Å². The summed E-state index contributed by atoms with van der Waals surface area (Å²) in [6.07, 6.45) is 4.93. The highest BCUT2D eigenvalue weighted by Gasteiger charge is 2.30. The first-order chi connectivity index (χ1) is 13.3. The van der Waals surface area contributed by atoms with Gasteiger partial charge in [0.2, 0.25) is 5.91 Å². The van der Waals surface area contributed by atoms with Crippen molar-refractivity contribution in [1.82, 2.24) is 9.80 Å². The second-order valence-electron chi connectivity index (χ2n) is 6.50. The highest BCUT2D eigenvalue weighted by Crippen LogP contribution is 2.20. The summed E-state index contributed by atoms with van der Waals surface area (Å²) in [6.45, 7) is 4.72. The smallest absolute Gasteiger partial charge is 0.259 e. The molecule has 0 bridgehead atoms. The molecule has 0 aromatic heterocycles. The molecule has 0 fully saturated rings. The number of anilines is 1. The minimum absolute atomic E-state index is 0.0207. The monoisotopic (exact) mass is 402 g/mol. The summed E-state index contributed by atoms with van der Waals surface area (Å²) in [5.74, 6) is -0.410. The third-order valence-electron chi connectivity index (χ3n) is 4.49. The molecule has 2 amide bonds. The third kappa shape index (κ3) is 4.48. The van der Waals surface area contributed by atoms with Crippen LogP contribution in [0.5, 0.6) is 0 Å². The Kier molecular flexibility index (Phi) is 5.64. The summed E-state index contributed by atoms with van der Waals surface area (Å²) < 4.78 is 27.4. The lowest BCUT2D eigenvalue weighted by molar-refractivity contribution is -0.129. The van der Waals surface area contributed by atoms with Gasteiger partial charge in [-0.3, -0.25) is 9.59 Å². The summed E-state index contributed by atoms with van der Waals surface area (Å²) in [5, 5.41) is 2.79. The Balaban J connectivity index is 1.79. The van der Waals surface area contributed by atoms with Crippen LogP contribution in [-0.4, -0.2) is 54.7 Å². The van der Waals surface area contributed by atoms with Crippen LogP contribution in [0.15, 0.2) is 52.6 Å². The molecule has 2 aliphatic heterocycles. The second-order valence-corrected chi connectivity index (χ2v) is 8.26. The number of carbonyl (C=O) groups excluding carboxylic acids is 2. The van der Waals surface area contributed by atoms with E-state index < -0.39 is 15.9 Å². The lowest BCUT2D eigenvalue weighted by Crippen LogP contribution is -2.40. The van der Waals surface area contributed by atoms with Crippen molar-refractivity contribution in [3.8, 4) is 0 Å². The maximum Gasteiger partial charge on any atom is 0.259 e. The molecule has 3 rings (SSSR count). The van der Waals surface area contributed by atoms with Gasteiger partial charge in [0.05, 0.1) is 11.3 Å². The quantitative estimate of drug-likeness (QED) is 0.805. The molecule has 148 valence electrons. The molecule has 2 heterocycles. The zero-order valence-corrected chi connectivity index (χ0v) is 16.6. The molecule has 0 unspecified atom stereocenters. The summed E-state index contributed by atoms with van der Waals surface area (Å²) in [6, 6.07) is 7.20. The summed E-state index contributed by atoms with van der Waals surface area (Å²) >= 11 is 0. The first-order valence-electron chi connectivity index (χ1n) is 8.93. The number of amidine groups is 1. The highest BCUT2D eigenvalue weighted by molar-refractivity contribution is 7.90. The first kappa shape index (κ1) is 19.8. The van der Waals surface area contributed by atoms with E-state index in [9.17, 15) is 18.0 Å². The van der Waals surface area contributed by atoms with E-state index in [1.165, 1.54) is 6.92 Å². The minimum atomic E-state index is -3.57. The van der Waals surface area contributed by atoms with Gasteiger partial charge in [-0.15, -0.1) is 4.40 Å². The van der Waals surface area contributed by atoms with Crippen LogP contribution in [0, 0.1) is 0 Å². The number of carbonyl (C=O) groups is 2. The maximum atomic E-state index is 12.8. The van der Waals surface area contributed by atoms with Gasteiger partial charge < -0.3 is 15.1 Å². The molecule has 0 radical (unpaired) electrons. The van der Waals surface area contributed by atoms with Gasteiger partial charge in [-0.1, -0.05) is 12.1 Å². The van der Waals surface area contributed by atoms with Gasteiger partial charge in [0.1, 0.15) is 0 Å². The van der Waals surface area contributed by atoms with E-state index in [1.807, 2.05) is 13.0 Å². The summed E-state index contributed by atoms with van der Waals surface area (Å²) in [7, 11) is -3.57. The first-order valence-corrected chi connectivity index (χ1v) is 10.5. The fourth-order valence-electron chi connectivity index (χ4n) is 3.01. The van der Waals surface area contributed by atoms with Crippen molar-refractivity contribution in [3.63, 3.8) is 0 Å². The largest absolute Gasteiger partial charge is 0.339 e. The Morgan fingerprint density at radius 2 is 2.11 bits per heavy atom. The number of hydrogen-bond donors (Lipinski definition) is 1. The van der Waals surface area contributed by atoms with E-state index in [-0.39, 0.29) is 29.6 Å². The van der Waals surface area contributed by atoms with Crippen molar-refractivity contribution in [3.05, 3.63) is 53.8 Å². The molecule has 2 aliphatic rings. The number of amides is 2. The van der Waals surface area contributed by atoms with Crippen LogP contribution in [0.4, 0.5) is 5.69 Å². The fourth-order valence-corrected chi connectivity index (χ4v) is 3.99. The second kappa shape index (κ2) is 7.97. The van der Waals surface area contributed by atoms with Gasteiger partial charge >= 0.3 is 0 Å². The van der Waals surface area contributed by atoms with Crippen molar-refractivity contribution in [2.24, 2.45) is 4.40 Å². The number of hydrogen-bond acceptors (Lipinski definition) is 5. The topological polar surface area (TPSA) is 99.2 Å². The number of sulfonamides is 1. The Morgan fingerprint density at radius 3 is 2.82 bits per heavy atom. The van der Waals surface area contributed by atoms with Crippen molar-refractivity contribution in [2.75, 3.05) is 24.2 Å². The minimum Gasteiger partial charge on any atom is -0.339 e. The summed E-state index contributed by atoms with van der Waals surface area (Å²) in [4.78, 5) is 27.7. The van der Waals surface area contributed by atoms with Crippen LogP contribution in [-0.2, 0) is 26.2 Å². The van der Waals surface area contributed by atoms with Crippen molar-refractivity contribution in [2.45, 2.75) is 20.4 Å². The van der Waals surface area contributed by atoms with Gasteiger partial charge in [-0.25, -0.2) is 8.42 Å². The van der Waals surface area contributed by atoms with E-state index in [0.717, 1.165) is 5.56 Å². The van der Waals surface area contributed by atoms with E-state index in [0.29, 0.717) is 18.8 Å². The Bertz CT molecular complexity index is 995. The van der Waals surface area contributed by atoms with E-state index in [1.54, 1.807) is 46.4 Å². The number of rotatable bonds is 5. The molecule has 0 saturated carbocycles. The Hall–Kier alpha value is -2.94. The number of nitrogens with one attached hydrogen (secondary N) is 1. The van der Waals surface area contributed by atoms with Gasteiger partial charge in [0.15, 0.2) is 5.84 Å². The summed E-state index contributed by atoms with van der Waals surface area (Å²) in [5.41, 5.74) is 1.63. The van der Waals surface area contributed by atoms with E-state index in [2.05, 4.69) is 9.71 Å². The van der Waals surface area contributed by atoms with Crippen molar-refractivity contribution in [1.29, 1.82) is 0 Å². The molecule has 1 aromatic carbocycles. The number of fused-ring (bicyclic) bond motifs is 1. The molecular formula is C19H22N4O4S. The van der Waals surface area contributed by atoms with Crippen LogP contribution in [0.3, 0.4) is 0 Å². The van der Waals surface area contributed by atoms with Crippen molar-refractivity contribution < 1.29 is 18.0 Å². The number of benzene rings is 1. The van der Waals surface area contributed by atoms with Crippen molar-refractivity contribution >= 4 is 33.4 Å². The normalized spacial score (nSPS) is 17.3. The van der Waals surface area contributed by atoms with Crippen LogP contribution in [0.25, 0.3) is 0 Å². The zero-order valence-electron chi connectivity index (χ0n) is 15.8. The molecular weight excluding hydrogens is 380 g/mol. The van der Waals surface area contributed by atoms with Crippen LogP contribution >= 0.6 is 0 Å². The molecule has 1 aromatic rings. The Morgan fingerprint density at radius 1 is 1.32 bits per heavy atom. The predicted molar refractivity (Wildman–Crippen MR) is 107 cm³/mol. The predicted octanol–water partition coefficient (Wildman–Crippen LogP) is 1.49. The Labute approximate surface area is 164 Å². The van der Waals surface area contributed by atoms with Gasteiger partial charge in [0.25, 0.3) is 15.9 Å². The molecule has 0 saturated heterocycles. The molecule has 0 aliphatic carbocycles. The number of nitrogens with zero attached hydrogens (tertiary/aromatic N) is 3. The molecule has 9 heteroatoms. The lowest BCUT2D eigenvalue weighted by Gasteiger charge is -2.28.